The summed E-state index contributed by atoms with van der Waals surface area (Å²) in [4.78, 5) is 41.6. The minimum Gasteiger partial charge on any atom is -0.340 e. The van der Waals surface area contributed by atoms with E-state index >= 15 is 0 Å². The number of hydrogen-bond acceptors (Lipinski definition) is 3. The third-order valence-electron chi connectivity index (χ3n) is 5.63. The fraction of sp³-hybridized carbons (Fsp3) is 0.625. The third kappa shape index (κ3) is 5.83. The summed E-state index contributed by atoms with van der Waals surface area (Å²) in [7, 11) is 0. The lowest BCUT2D eigenvalue weighted by Crippen LogP contribution is -2.57. The molecule has 0 radical (unpaired) electrons. The lowest BCUT2D eigenvalue weighted by Gasteiger charge is -2.38. The highest BCUT2D eigenvalue weighted by atomic mass is 16.2. The van der Waals surface area contributed by atoms with Gasteiger partial charge in [-0.1, -0.05) is 60.6 Å². The molecule has 0 spiro atoms. The summed E-state index contributed by atoms with van der Waals surface area (Å²) in [6.45, 7) is 16.1. The summed E-state index contributed by atoms with van der Waals surface area (Å²) in [6, 6.07) is 6.97. The molecule has 2 rings (SSSR count). The van der Waals surface area contributed by atoms with Crippen LogP contribution in [0.3, 0.4) is 0 Å². The van der Waals surface area contributed by atoms with Crippen LogP contribution in [-0.2, 0) is 15.0 Å². The molecule has 0 aliphatic carbocycles. The van der Waals surface area contributed by atoms with Gasteiger partial charge in [0.1, 0.15) is 6.04 Å². The molecular weight excluding hydrogens is 378 g/mol. The summed E-state index contributed by atoms with van der Waals surface area (Å²) in [5.74, 6) is -0.280. The fourth-order valence-corrected chi connectivity index (χ4v) is 3.57. The molecule has 1 N–H and O–H groups in total. The molecule has 6 heteroatoms. The van der Waals surface area contributed by atoms with Crippen molar-refractivity contribution in [1.82, 2.24) is 15.1 Å². The first-order valence-corrected chi connectivity index (χ1v) is 10.9. The molecule has 1 aromatic rings. The van der Waals surface area contributed by atoms with Gasteiger partial charge >= 0.3 is 0 Å². The van der Waals surface area contributed by atoms with Crippen molar-refractivity contribution in [3.63, 3.8) is 0 Å². The van der Waals surface area contributed by atoms with E-state index in [9.17, 15) is 14.4 Å². The van der Waals surface area contributed by atoms with E-state index in [2.05, 4.69) is 26.1 Å². The van der Waals surface area contributed by atoms with Crippen LogP contribution in [0.2, 0.25) is 0 Å². The number of benzene rings is 1. The molecule has 0 aromatic heterocycles. The average Bonchev–Trinajstić information content (AvgIpc) is 2.70. The van der Waals surface area contributed by atoms with E-state index in [0.717, 1.165) is 5.56 Å². The van der Waals surface area contributed by atoms with Crippen LogP contribution in [0.15, 0.2) is 24.3 Å². The van der Waals surface area contributed by atoms with E-state index in [1.54, 1.807) is 4.90 Å². The highest BCUT2D eigenvalue weighted by Crippen LogP contribution is 2.22. The summed E-state index contributed by atoms with van der Waals surface area (Å²) in [5.41, 5.74) is 1.73. The molecule has 0 saturated carbocycles. The molecule has 1 saturated heterocycles. The Morgan fingerprint density at radius 3 is 1.70 bits per heavy atom. The van der Waals surface area contributed by atoms with Crippen LogP contribution in [-0.4, -0.2) is 59.7 Å². The SMILES string of the molecule is CC(C)C(=O)N1CCN(C(=O)C(NC(=O)c2ccc(C(C)(C)C)cc2)C(C)C)CC1. The number of rotatable bonds is 5. The van der Waals surface area contributed by atoms with E-state index in [1.165, 1.54) is 0 Å². The zero-order valence-electron chi connectivity index (χ0n) is 19.5. The van der Waals surface area contributed by atoms with Crippen molar-refractivity contribution in [2.45, 2.75) is 59.9 Å². The van der Waals surface area contributed by atoms with E-state index in [0.29, 0.717) is 31.7 Å². The van der Waals surface area contributed by atoms with Gasteiger partial charge < -0.3 is 15.1 Å². The standard InChI is InChI=1S/C24H37N3O3/c1-16(2)20(23(30)27-14-12-26(13-15-27)22(29)17(3)4)25-21(28)18-8-10-19(11-9-18)24(5,6)7/h8-11,16-17,20H,12-15H2,1-7H3,(H,25,28). The Kier molecular flexibility index (Phi) is 7.67. The Morgan fingerprint density at radius 1 is 0.833 bits per heavy atom. The highest BCUT2D eigenvalue weighted by Gasteiger charge is 2.32. The largest absolute Gasteiger partial charge is 0.340 e. The normalized spacial score (nSPS) is 16.0. The first-order valence-electron chi connectivity index (χ1n) is 10.9. The van der Waals surface area contributed by atoms with Crippen LogP contribution in [0.1, 0.15) is 64.4 Å². The van der Waals surface area contributed by atoms with Crippen molar-refractivity contribution in [3.05, 3.63) is 35.4 Å². The minimum absolute atomic E-state index is 0.0184. The van der Waals surface area contributed by atoms with E-state index in [-0.39, 0.29) is 35.0 Å². The monoisotopic (exact) mass is 415 g/mol. The zero-order chi connectivity index (χ0) is 22.6. The molecular formula is C24H37N3O3. The van der Waals surface area contributed by atoms with Gasteiger partial charge in [0, 0.05) is 37.7 Å². The minimum atomic E-state index is -0.591. The van der Waals surface area contributed by atoms with E-state index in [4.69, 9.17) is 0 Å². The first-order chi connectivity index (χ1) is 13.9. The van der Waals surface area contributed by atoms with Gasteiger partial charge in [0.05, 0.1) is 0 Å². The fourth-order valence-electron chi connectivity index (χ4n) is 3.57. The third-order valence-corrected chi connectivity index (χ3v) is 5.63. The molecule has 1 fully saturated rings. The second kappa shape index (κ2) is 9.63. The summed E-state index contributed by atoms with van der Waals surface area (Å²) >= 11 is 0. The number of carbonyl (C=O) groups is 3. The highest BCUT2D eigenvalue weighted by molar-refractivity contribution is 5.97. The molecule has 1 unspecified atom stereocenters. The lowest BCUT2D eigenvalue weighted by molar-refractivity contribution is -0.142. The number of nitrogens with one attached hydrogen (secondary N) is 1. The van der Waals surface area contributed by atoms with Gasteiger partial charge in [0.15, 0.2) is 0 Å². The molecule has 1 aliphatic heterocycles. The van der Waals surface area contributed by atoms with Crippen LogP contribution in [0.5, 0.6) is 0 Å². The predicted molar refractivity (Wildman–Crippen MR) is 119 cm³/mol. The Labute approximate surface area is 181 Å². The molecule has 1 atom stereocenters. The van der Waals surface area contributed by atoms with Crippen molar-refractivity contribution in [2.75, 3.05) is 26.2 Å². The molecule has 1 aromatic carbocycles. The summed E-state index contributed by atoms with van der Waals surface area (Å²) in [6.07, 6.45) is 0. The quantitative estimate of drug-likeness (QED) is 0.804. The molecule has 1 aliphatic rings. The topological polar surface area (TPSA) is 69.7 Å². The Hall–Kier alpha value is -2.37. The molecule has 1 heterocycles. The van der Waals surface area contributed by atoms with Crippen molar-refractivity contribution in [3.8, 4) is 0 Å². The van der Waals surface area contributed by atoms with Crippen LogP contribution in [0.25, 0.3) is 0 Å². The predicted octanol–water partition coefficient (Wildman–Crippen LogP) is 3.07. The molecule has 0 bridgehead atoms. The van der Waals surface area contributed by atoms with Crippen LogP contribution >= 0.6 is 0 Å². The second-order valence-electron chi connectivity index (χ2n) is 9.83. The number of amides is 3. The van der Waals surface area contributed by atoms with Crippen molar-refractivity contribution >= 4 is 17.7 Å². The molecule has 3 amide bonds. The second-order valence-corrected chi connectivity index (χ2v) is 9.83. The van der Waals surface area contributed by atoms with Crippen LogP contribution in [0, 0.1) is 11.8 Å². The smallest absolute Gasteiger partial charge is 0.251 e. The van der Waals surface area contributed by atoms with Gasteiger partial charge in [-0.3, -0.25) is 14.4 Å². The molecule has 30 heavy (non-hydrogen) atoms. The molecule has 166 valence electrons. The maximum atomic E-state index is 13.1. The van der Waals surface area contributed by atoms with Crippen LogP contribution in [0.4, 0.5) is 0 Å². The van der Waals surface area contributed by atoms with Crippen molar-refractivity contribution < 1.29 is 14.4 Å². The Morgan fingerprint density at radius 2 is 1.30 bits per heavy atom. The van der Waals surface area contributed by atoms with Gasteiger partial charge in [-0.2, -0.15) is 0 Å². The maximum absolute atomic E-state index is 13.1. The Balaban J connectivity index is 2.03. The van der Waals surface area contributed by atoms with E-state index < -0.39 is 6.04 Å². The first kappa shape index (κ1) is 23.9. The van der Waals surface area contributed by atoms with Crippen molar-refractivity contribution in [2.24, 2.45) is 11.8 Å². The van der Waals surface area contributed by atoms with E-state index in [1.807, 2.05) is 56.9 Å². The van der Waals surface area contributed by atoms with Gasteiger partial charge in [-0.05, 0) is 29.0 Å². The van der Waals surface area contributed by atoms with Gasteiger partial charge in [0.2, 0.25) is 11.8 Å². The summed E-state index contributed by atoms with van der Waals surface area (Å²) in [5, 5.41) is 2.93. The van der Waals surface area contributed by atoms with Gasteiger partial charge in [-0.25, -0.2) is 0 Å². The average molecular weight is 416 g/mol. The number of carbonyl (C=O) groups excluding carboxylic acids is 3. The molecule has 6 nitrogen and oxygen atoms in total. The number of nitrogens with zero attached hydrogens (tertiary/aromatic N) is 2. The number of hydrogen-bond donors (Lipinski definition) is 1. The van der Waals surface area contributed by atoms with Crippen molar-refractivity contribution in [1.29, 1.82) is 0 Å². The Bertz CT molecular complexity index is 755. The van der Waals surface area contributed by atoms with Crippen LogP contribution < -0.4 is 5.32 Å². The summed E-state index contributed by atoms with van der Waals surface area (Å²) < 4.78 is 0. The zero-order valence-corrected chi connectivity index (χ0v) is 19.5. The maximum Gasteiger partial charge on any atom is 0.251 e. The van der Waals surface area contributed by atoms with Gasteiger partial charge in [0.25, 0.3) is 5.91 Å². The lowest BCUT2D eigenvalue weighted by atomic mass is 9.86. The van der Waals surface area contributed by atoms with Gasteiger partial charge in [-0.15, -0.1) is 0 Å². The number of piperazine rings is 1.